The zero-order chi connectivity index (χ0) is 10.3. The lowest BCUT2D eigenvalue weighted by atomic mass is 10.3. The molecule has 0 spiro atoms. The number of nitrogens with one attached hydrogen (secondary N) is 1. The molecule has 1 aromatic carbocycles. The number of sulfonamides is 1. The van der Waals surface area contributed by atoms with Crippen molar-refractivity contribution < 1.29 is 8.42 Å². The van der Waals surface area contributed by atoms with Crippen LogP contribution in [0.1, 0.15) is 0 Å². The van der Waals surface area contributed by atoms with Gasteiger partial charge in [0.05, 0.1) is 5.69 Å². The van der Waals surface area contributed by atoms with E-state index < -0.39 is 10.0 Å². The Morgan fingerprint density at radius 3 is 2.86 bits per heavy atom. The average Bonchev–Trinajstić information content (AvgIpc) is 2.05. The molecule has 2 rings (SSSR count). The van der Waals surface area contributed by atoms with Crippen LogP contribution in [0.15, 0.2) is 32.6 Å². The van der Waals surface area contributed by atoms with Crippen LogP contribution in [0, 0.1) is 0 Å². The molecule has 14 heavy (non-hydrogen) atoms. The van der Waals surface area contributed by atoms with E-state index in [-0.39, 0.29) is 10.2 Å². The van der Waals surface area contributed by atoms with Crippen LogP contribution in [-0.4, -0.2) is 13.7 Å². The van der Waals surface area contributed by atoms with Gasteiger partial charge >= 0.3 is 0 Å². The summed E-state index contributed by atoms with van der Waals surface area (Å²) in [6.07, 6.45) is 0. The molecule has 1 aromatic rings. The number of aliphatic imine (C=N–C) groups is 1. The first kappa shape index (κ1) is 9.95. The van der Waals surface area contributed by atoms with E-state index in [9.17, 15) is 8.42 Å². The summed E-state index contributed by atoms with van der Waals surface area (Å²) in [5, 5.41) is -0.139. The highest BCUT2D eigenvalue weighted by molar-refractivity contribution is 9.10. The summed E-state index contributed by atoms with van der Waals surface area (Å²) >= 11 is 8.70. The molecule has 1 aliphatic heterocycles. The number of fused-ring (bicyclic) bond motifs is 1. The van der Waals surface area contributed by atoms with Gasteiger partial charge in [0.25, 0.3) is 10.0 Å². The molecule has 4 nitrogen and oxygen atoms in total. The maximum Gasteiger partial charge on any atom is 0.265 e. The van der Waals surface area contributed by atoms with Crippen LogP contribution in [0.25, 0.3) is 0 Å². The predicted octanol–water partition coefficient (Wildman–Crippen LogP) is 1.97. The Bertz CT molecular complexity index is 526. The molecule has 0 bridgehead atoms. The largest absolute Gasteiger partial charge is 0.265 e. The van der Waals surface area contributed by atoms with Gasteiger partial charge in [0.2, 0.25) is 5.29 Å². The Labute approximate surface area is 94.2 Å². The lowest BCUT2D eigenvalue weighted by molar-refractivity contribution is 0.592. The molecule has 1 N–H and O–H groups in total. The minimum absolute atomic E-state index is 0.122. The van der Waals surface area contributed by atoms with E-state index in [1.54, 1.807) is 12.1 Å². The summed E-state index contributed by atoms with van der Waals surface area (Å²) in [6, 6.07) is 4.76. The summed E-state index contributed by atoms with van der Waals surface area (Å²) in [6.45, 7) is 0. The number of rotatable bonds is 0. The first-order valence-electron chi connectivity index (χ1n) is 3.55. The molecule has 0 saturated heterocycles. The number of amidine groups is 1. The molecular formula is C7H4BrClN2O2S. The van der Waals surface area contributed by atoms with Gasteiger partial charge in [-0.1, -0.05) is 15.9 Å². The Kier molecular flexibility index (Phi) is 2.29. The zero-order valence-corrected chi connectivity index (χ0v) is 9.82. The third-order valence-corrected chi connectivity index (χ3v) is 3.80. The van der Waals surface area contributed by atoms with Gasteiger partial charge in [-0.05, 0) is 29.8 Å². The number of hydrogen-bond donors (Lipinski definition) is 1. The van der Waals surface area contributed by atoms with Crippen molar-refractivity contribution in [2.24, 2.45) is 4.99 Å². The maximum atomic E-state index is 11.5. The van der Waals surface area contributed by atoms with Gasteiger partial charge in [-0.15, -0.1) is 0 Å². The summed E-state index contributed by atoms with van der Waals surface area (Å²) in [5.41, 5.74) is 0.344. The molecule has 0 aromatic heterocycles. The highest BCUT2D eigenvalue weighted by atomic mass is 79.9. The Balaban J connectivity index is 2.77. The minimum Gasteiger partial charge on any atom is -0.253 e. The fourth-order valence-electron chi connectivity index (χ4n) is 1.09. The minimum atomic E-state index is -3.56. The molecule has 0 amide bonds. The van der Waals surface area contributed by atoms with E-state index in [4.69, 9.17) is 11.6 Å². The van der Waals surface area contributed by atoms with Crippen LogP contribution in [0.4, 0.5) is 5.69 Å². The first-order chi connectivity index (χ1) is 6.49. The number of hydrogen-bond acceptors (Lipinski definition) is 3. The second-order valence-corrected chi connectivity index (χ2v) is 5.54. The number of benzene rings is 1. The van der Waals surface area contributed by atoms with Crippen molar-refractivity contribution in [1.82, 2.24) is 4.72 Å². The van der Waals surface area contributed by atoms with Crippen LogP contribution >= 0.6 is 27.5 Å². The van der Waals surface area contributed by atoms with Crippen molar-refractivity contribution in [3.8, 4) is 0 Å². The van der Waals surface area contributed by atoms with E-state index in [0.29, 0.717) is 10.2 Å². The molecule has 0 atom stereocenters. The zero-order valence-electron chi connectivity index (χ0n) is 6.66. The normalized spacial score (nSPS) is 18.0. The Morgan fingerprint density at radius 2 is 2.14 bits per heavy atom. The number of halogens is 2. The number of nitrogens with zero attached hydrogens (tertiary/aromatic N) is 1. The predicted molar refractivity (Wildman–Crippen MR) is 57.4 cm³/mol. The Hall–Kier alpha value is -0.590. The van der Waals surface area contributed by atoms with Crippen LogP contribution in [0.3, 0.4) is 0 Å². The van der Waals surface area contributed by atoms with Crippen LogP contribution in [0.2, 0.25) is 0 Å². The topological polar surface area (TPSA) is 58.5 Å². The lowest BCUT2D eigenvalue weighted by Crippen LogP contribution is -2.29. The van der Waals surface area contributed by atoms with E-state index in [0.717, 1.165) is 0 Å². The highest BCUT2D eigenvalue weighted by Crippen LogP contribution is 2.30. The lowest BCUT2D eigenvalue weighted by Gasteiger charge is -2.14. The molecule has 0 fully saturated rings. The van der Waals surface area contributed by atoms with Crippen LogP contribution in [-0.2, 0) is 10.0 Å². The van der Waals surface area contributed by atoms with Crippen LogP contribution in [0.5, 0.6) is 0 Å². The SMILES string of the molecule is O=S1(=O)NC(Cl)=Nc2ccc(Br)cc21. The Morgan fingerprint density at radius 1 is 1.43 bits per heavy atom. The van der Waals surface area contributed by atoms with Crippen molar-refractivity contribution in [2.75, 3.05) is 0 Å². The van der Waals surface area contributed by atoms with Crippen molar-refractivity contribution >= 4 is 48.5 Å². The molecule has 74 valence electrons. The summed E-state index contributed by atoms with van der Waals surface area (Å²) in [7, 11) is -3.56. The molecule has 7 heteroatoms. The van der Waals surface area contributed by atoms with Crippen LogP contribution < -0.4 is 4.72 Å². The third-order valence-electron chi connectivity index (χ3n) is 1.65. The molecule has 0 aliphatic carbocycles. The van der Waals surface area contributed by atoms with Gasteiger partial charge < -0.3 is 0 Å². The highest BCUT2D eigenvalue weighted by Gasteiger charge is 2.24. The molecule has 0 radical (unpaired) electrons. The van der Waals surface area contributed by atoms with Crippen molar-refractivity contribution in [3.63, 3.8) is 0 Å². The summed E-state index contributed by atoms with van der Waals surface area (Å²) in [4.78, 5) is 3.98. The van der Waals surface area contributed by atoms with Gasteiger partial charge in [0, 0.05) is 4.47 Å². The smallest absolute Gasteiger partial charge is 0.253 e. The van der Waals surface area contributed by atoms with Gasteiger partial charge in [-0.2, -0.15) is 0 Å². The van der Waals surface area contributed by atoms with Gasteiger partial charge in [0.1, 0.15) is 4.90 Å². The van der Waals surface area contributed by atoms with Gasteiger partial charge in [-0.25, -0.2) is 13.4 Å². The van der Waals surface area contributed by atoms with Gasteiger partial charge in [-0.3, -0.25) is 4.72 Å². The second kappa shape index (κ2) is 3.22. The van der Waals surface area contributed by atoms with Gasteiger partial charge in [0.15, 0.2) is 0 Å². The van der Waals surface area contributed by atoms with E-state index >= 15 is 0 Å². The maximum absolute atomic E-state index is 11.5. The van der Waals surface area contributed by atoms with E-state index in [1.807, 2.05) is 0 Å². The van der Waals surface area contributed by atoms with E-state index in [1.165, 1.54) is 6.07 Å². The fourth-order valence-corrected chi connectivity index (χ4v) is 3.05. The van der Waals surface area contributed by atoms with Crippen molar-refractivity contribution in [3.05, 3.63) is 22.7 Å². The second-order valence-electron chi connectivity index (χ2n) is 2.62. The molecule has 0 unspecified atom stereocenters. The summed E-state index contributed by atoms with van der Waals surface area (Å²) in [5.74, 6) is 0. The van der Waals surface area contributed by atoms with Crippen molar-refractivity contribution in [2.45, 2.75) is 4.90 Å². The quantitative estimate of drug-likeness (QED) is 0.744. The third kappa shape index (κ3) is 1.65. The summed E-state index contributed by atoms with van der Waals surface area (Å²) < 4.78 is 25.9. The monoisotopic (exact) mass is 294 g/mol. The first-order valence-corrected chi connectivity index (χ1v) is 6.21. The molecular weight excluding hydrogens is 292 g/mol. The van der Waals surface area contributed by atoms with E-state index in [2.05, 4.69) is 25.6 Å². The molecule has 1 aliphatic rings. The average molecular weight is 296 g/mol. The molecule has 1 heterocycles. The fraction of sp³-hybridized carbons (Fsp3) is 0. The van der Waals surface area contributed by atoms with Crippen molar-refractivity contribution in [1.29, 1.82) is 0 Å². The molecule has 0 saturated carbocycles. The standard InChI is InChI=1S/C7H4BrClN2O2S/c8-4-1-2-5-6(3-4)14(12,13)11-7(9)10-5/h1-3H,(H,10,11).